The summed E-state index contributed by atoms with van der Waals surface area (Å²) >= 11 is 0. The van der Waals surface area contributed by atoms with Crippen LogP contribution in [0.5, 0.6) is 5.75 Å². The first-order valence-corrected chi connectivity index (χ1v) is 15.5. The molecule has 0 atom stereocenters. The van der Waals surface area contributed by atoms with Gasteiger partial charge in [0.05, 0.1) is 23.8 Å². The summed E-state index contributed by atoms with van der Waals surface area (Å²) in [4.78, 5) is 18.3. The third kappa shape index (κ3) is 6.79. The van der Waals surface area contributed by atoms with Crippen LogP contribution in [-0.4, -0.2) is 49.7 Å². The molecule has 2 aromatic carbocycles. The Labute approximate surface area is 231 Å². The van der Waals surface area contributed by atoms with Crippen LogP contribution in [0, 0.1) is 5.92 Å². The van der Waals surface area contributed by atoms with E-state index in [0.717, 1.165) is 48.1 Å². The number of carbonyl (C=O) groups excluding carboxylic acids is 1. The Hall–Kier alpha value is -3.39. The van der Waals surface area contributed by atoms with Gasteiger partial charge in [-0.1, -0.05) is 50.2 Å². The van der Waals surface area contributed by atoms with Crippen molar-refractivity contribution in [3.8, 4) is 16.9 Å². The molecule has 0 aliphatic carbocycles. The fourth-order valence-corrected chi connectivity index (χ4v) is 6.71. The molecule has 3 aromatic rings. The van der Waals surface area contributed by atoms with Crippen molar-refractivity contribution in [2.45, 2.75) is 56.6 Å². The Morgan fingerprint density at radius 2 is 1.74 bits per heavy atom. The molecule has 1 aromatic heterocycles. The van der Waals surface area contributed by atoms with E-state index in [9.17, 15) is 13.2 Å². The fourth-order valence-electron chi connectivity index (χ4n) is 5.29. The van der Waals surface area contributed by atoms with E-state index in [-0.39, 0.29) is 23.2 Å². The number of nitrogens with zero attached hydrogens (tertiary/aromatic N) is 2. The molecule has 0 radical (unpaired) electrons. The van der Waals surface area contributed by atoms with E-state index in [4.69, 9.17) is 9.47 Å². The zero-order chi connectivity index (χ0) is 27.5. The van der Waals surface area contributed by atoms with Gasteiger partial charge in [-0.15, -0.1) is 0 Å². The molecule has 1 fully saturated rings. The van der Waals surface area contributed by atoms with Crippen molar-refractivity contribution >= 4 is 15.9 Å². The van der Waals surface area contributed by atoms with Crippen molar-refractivity contribution in [3.05, 3.63) is 83.7 Å². The Bertz CT molecular complexity index is 1400. The highest BCUT2D eigenvalue weighted by molar-refractivity contribution is 7.89. The van der Waals surface area contributed by atoms with E-state index in [2.05, 4.69) is 17.1 Å². The average molecular weight is 549 g/mol. The molecule has 206 valence electrons. The van der Waals surface area contributed by atoms with E-state index in [1.165, 1.54) is 5.56 Å². The van der Waals surface area contributed by atoms with E-state index < -0.39 is 9.84 Å². The van der Waals surface area contributed by atoms with Crippen molar-refractivity contribution < 1.29 is 22.7 Å². The van der Waals surface area contributed by atoms with E-state index in [1.807, 2.05) is 44.2 Å². The second-order valence-corrected chi connectivity index (χ2v) is 13.2. The van der Waals surface area contributed by atoms with Crippen LogP contribution in [-0.2, 0) is 32.5 Å². The number of benzene rings is 2. The number of hydrogen-bond acceptors (Lipinski definition) is 6. The molecule has 7 nitrogen and oxygen atoms in total. The highest BCUT2D eigenvalue weighted by atomic mass is 32.2. The lowest BCUT2D eigenvalue weighted by Crippen LogP contribution is -2.51. The Kier molecular flexibility index (Phi) is 7.93. The topological polar surface area (TPSA) is 85.8 Å². The first kappa shape index (κ1) is 27.2. The largest absolute Gasteiger partial charge is 0.487 e. The number of likely N-dealkylation sites (tertiary alicyclic amines) is 1. The summed E-state index contributed by atoms with van der Waals surface area (Å²) in [5, 5.41) is 0. The SMILES string of the molecule is CC(C)COC(=O)N1CCC2(CCc3cc(-c4ccc(CS(=O)(=O)Cc5ccccn5)cc4)ccc3O2)CC1. The molecule has 5 rings (SSSR count). The molecule has 0 unspecified atom stereocenters. The molecule has 0 saturated carbocycles. The smallest absolute Gasteiger partial charge is 0.409 e. The predicted molar refractivity (Wildman–Crippen MR) is 151 cm³/mol. The normalized spacial score (nSPS) is 16.5. The highest BCUT2D eigenvalue weighted by Crippen LogP contribution is 2.41. The Morgan fingerprint density at radius 1 is 1.00 bits per heavy atom. The van der Waals surface area contributed by atoms with Gasteiger partial charge in [0.25, 0.3) is 0 Å². The number of sulfone groups is 1. The number of aromatic nitrogens is 1. The minimum atomic E-state index is -3.31. The molecule has 0 bridgehead atoms. The molecule has 39 heavy (non-hydrogen) atoms. The quantitative estimate of drug-likeness (QED) is 0.370. The summed E-state index contributed by atoms with van der Waals surface area (Å²) in [6, 6.07) is 19.3. The maximum Gasteiger partial charge on any atom is 0.409 e. The van der Waals surface area contributed by atoms with Crippen LogP contribution in [0.15, 0.2) is 66.9 Å². The van der Waals surface area contributed by atoms with Gasteiger partial charge >= 0.3 is 6.09 Å². The predicted octanol–water partition coefficient (Wildman–Crippen LogP) is 5.82. The zero-order valence-corrected chi connectivity index (χ0v) is 23.5. The van der Waals surface area contributed by atoms with Crippen LogP contribution in [0.4, 0.5) is 4.79 Å². The molecule has 8 heteroatoms. The van der Waals surface area contributed by atoms with Gasteiger partial charge in [0.15, 0.2) is 9.84 Å². The summed E-state index contributed by atoms with van der Waals surface area (Å²) in [5.74, 6) is 1.15. The van der Waals surface area contributed by atoms with E-state index >= 15 is 0 Å². The van der Waals surface area contributed by atoms with Crippen LogP contribution in [0.2, 0.25) is 0 Å². The lowest BCUT2D eigenvalue weighted by Gasteiger charge is -2.44. The molecule has 2 aliphatic rings. The lowest BCUT2D eigenvalue weighted by atomic mass is 9.82. The van der Waals surface area contributed by atoms with Crippen LogP contribution >= 0.6 is 0 Å². The Morgan fingerprint density at radius 3 is 2.44 bits per heavy atom. The third-order valence-corrected chi connectivity index (χ3v) is 8.99. The van der Waals surface area contributed by atoms with E-state index in [0.29, 0.717) is 31.3 Å². The number of amides is 1. The number of pyridine rings is 1. The average Bonchev–Trinajstić information content (AvgIpc) is 2.92. The summed E-state index contributed by atoms with van der Waals surface area (Å²) in [5.41, 5.74) is 4.39. The second kappa shape index (κ2) is 11.4. The molecular weight excluding hydrogens is 512 g/mol. The van der Waals surface area contributed by atoms with Crippen molar-refractivity contribution in [3.63, 3.8) is 0 Å². The van der Waals surface area contributed by atoms with Gasteiger partial charge in [-0.25, -0.2) is 13.2 Å². The fraction of sp³-hybridized carbons (Fsp3) is 0.419. The van der Waals surface area contributed by atoms with Gasteiger partial charge in [-0.2, -0.15) is 0 Å². The van der Waals surface area contributed by atoms with Crippen LogP contribution in [0.3, 0.4) is 0 Å². The van der Waals surface area contributed by atoms with E-state index in [1.54, 1.807) is 29.3 Å². The lowest BCUT2D eigenvalue weighted by molar-refractivity contribution is -0.0152. The third-order valence-electron chi connectivity index (χ3n) is 7.48. The summed E-state index contributed by atoms with van der Waals surface area (Å²) in [6.07, 6.45) is 4.83. The second-order valence-electron chi connectivity index (χ2n) is 11.1. The minimum absolute atomic E-state index is 0.0170. The van der Waals surface area contributed by atoms with Gasteiger partial charge in [-0.3, -0.25) is 4.98 Å². The van der Waals surface area contributed by atoms with Crippen LogP contribution < -0.4 is 4.74 Å². The number of piperidine rings is 1. The maximum atomic E-state index is 12.6. The Balaban J connectivity index is 1.19. The van der Waals surface area contributed by atoms with Crippen molar-refractivity contribution in [1.29, 1.82) is 0 Å². The van der Waals surface area contributed by atoms with Crippen LogP contribution in [0.25, 0.3) is 11.1 Å². The molecule has 2 aliphatic heterocycles. The molecular formula is C31H36N2O5S. The molecule has 1 amide bonds. The van der Waals surface area contributed by atoms with Gasteiger partial charge in [0.2, 0.25) is 0 Å². The van der Waals surface area contributed by atoms with Gasteiger partial charge in [0, 0.05) is 32.1 Å². The van der Waals surface area contributed by atoms with Crippen molar-refractivity contribution in [2.75, 3.05) is 19.7 Å². The van der Waals surface area contributed by atoms with Gasteiger partial charge < -0.3 is 14.4 Å². The minimum Gasteiger partial charge on any atom is -0.487 e. The summed E-state index contributed by atoms with van der Waals surface area (Å²) < 4.78 is 37.2. The number of fused-ring (bicyclic) bond motifs is 1. The monoisotopic (exact) mass is 548 g/mol. The number of ether oxygens (including phenoxy) is 2. The molecule has 1 spiro atoms. The number of hydrogen-bond donors (Lipinski definition) is 0. The number of carbonyl (C=O) groups is 1. The van der Waals surface area contributed by atoms with Gasteiger partial charge in [-0.05, 0) is 65.3 Å². The van der Waals surface area contributed by atoms with Crippen LogP contribution in [0.1, 0.15) is 49.9 Å². The van der Waals surface area contributed by atoms with Crippen molar-refractivity contribution in [2.24, 2.45) is 5.92 Å². The highest BCUT2D eigenvalue weighted by Gasteiger charge is 2.40. The molecule has 3 heterocycles. The summed E-state index contributed by atoms with van der Waals surface area (Å²) in [7, 11) is -3.31. The molecule has 0 N–H and O–H groups in total. The summed E-state index contributed by atoms with van der Waals surface area (Å²) in [6.45, 7) is 5.81. The standard InChI is InChI=1S/C31H36N2O5S/c1-23(2)20-37-30(34)33-17-14-31(15-18-33)13-12-27-19-26(10-11-29(27)38-31)25-8-6-24(7-9-25)21-39(35,36)22-28-5-3-4-16-32-28/h3-11,16,19,23H,12-15,17-18,20-22H2,1-2H3. The zero-order valence-electron chi connectivity index (χ0n) is 22.6. The van der Waals surface area contributed by atoms with Gasteiger partial charge in [0.1, 0.15) is 11.4 Å². The van der Waals surface area contributed by atoms with Crippen molar-refractivity contribution in [1.82, 2.24) is 9.88 Å². The molecule has 1 saturated heterocycles. The maximum absolute atomic E-state index is 12.6. The first-order valence-electron chi connectivity index (χ1n) is 13.6. The number of aryl methyl sites for hydroxylation is 1. The first-order chi connectivity index (χ1) is 18.7. The number of rotatable bonds is 7.